The van der Waals surface area contributed by atoms with Gasteiger partial charge in [-0.3, -0.25) is 9.59 Å². The molecule has 2 aromatic rings. The number of hydrogen-bond donors (Lipinski definition) is 0. The fourth-order valence-electron chi connectivity index (χ4n) is 2.39. The second kappa shape index (κ2) is 8.08. The van der Waals surface area contributed by atoms with Crippen LogP contribution in [-0.2, 0) is 9.53 Å². The molecule has 0 amide bonds. The van der Waals surface area contributed by atoms with Crippen LogP contribution >= 0.6 is 0 Å². The molecule has 4 nitrogen and oxygen atoms in total. The minimum absolute atomic E-state index is 0.0481. The Balaban J connectivity index is 2.07. The molecule has 0 spiro atoms. The molecule has 0 heterocycles. The van der Waals surface area contributed by atoms with E-state index >= 15 is 0 Å². The summed E-state index contributed by atoms with van der Waals surface area (Å²) in [6.07, 6.45) is 0. The number of ketones is 1. The lowest BCUT2D eigenvalue weighted by Crippen LogP contribution is -2.38. The van der Waals surface area contributed by atoms with Gasteiger partial charge in [-0.25, -0.2) is 0 Å². The number of carbonyl (C=O) groups excluding carboxylic acids is 2. The molecule has 1 unspecified atom stereocenters. The first kappa shape index (κ1) is 18.9. The molecule has 0 bridgehead atoms. The van der Waals surface area contributed by atoms with E-state index in [-0.39, 0.29) is 11.8 Å². The smallest absolute Gasteiger partial charge is 0.313 e. The summed E-state index contributed by atoms with van der Waals surface area (Å²) < 4.78 is 6.12. The van der Waals surface area contributed by atoms with E-state index in [9.17, 15) is 9.59 Å². The molecule has 1 atom stereocenters. The number of carbonyl (C=O) groups is 2. The van der Waals surface area contributed by atoms with Crippen LogP contribution < -0.4 is 0 Å². The van der Waals surface area contributed by atoms with Gasteiger partial charge in [0.2, 0.25) is 0 Å². The maximum atomic E-state index is 12.6. The van der Waals surface area contributed by atoms with Gasteiger partial charge in [0.1, 0.15) is 13.2 Å². The predicted octanol–water partition coefficient (Wildman–Crippen LogP) is 3.27. The fourth-order valence-corrected chi connectivity index (χ4v) is 2.39. The van der Waals surface area contributed by atoms with Gasteiger partial charge in [0.25, 0.3) is 0 Å². The molecule has 2 aromatic carbocycles. The third kappa shape index (κ3) is 5.54. The molecule has 0 aliphatic rings. The highest BCUT2D eigenvalue weighted by Gasteiger charge is 2.19. The van der Waals surface area contributed by atoms with Gasteiger partial charge < -0.3 is 9.22 Å². The minimum atomic E-state index is -0.406. The van der Waals surface area contributed by atoms with Crippen molar-refractivity contribution in [2.24, 2.45) is 0 Å². The van der Waals surface area contributed by atoms with Crippen LogP contribution in [0.2, 0.25) is 0 Å². The van der Waals surface area contributed by atoms with Crippen LogP contribution in [0.3, 0.4) is 0 Å². The summed E-state index contributed by atoms with van der Waals surface area (Å²) in [4.78, 5) is 24.8. The monoisotopic (exact) mass is 340 g/mol. The fraction of sp³-hybridized carbons (Fsp3) is 0.333. The average molecular weight is 340 g/mol. The molecule has 0 saturated carbocycles. The number of hydrogen-bond acceptors (Lipinski definition) is 3. The molecule has 0 N–H and O–H groups in total. The zero-order chi connectivity index (χ0) is 18.4. The van der Waals surface area contributed by atoms with Crippen molar-refractivity contribution < 1.29 is 18.8 Å². The Labute approximate surface area is 149 Å². The van der Waals surface area contributed by atoms with Gasteiger partial charge in [-0.15, -0.1) is 0 Å². The van der Waals surface area contributed by atoms with Gasteiger partial charge in [0.05, 0.1) is 27.1 Å². The molecular weight excluding hydrogens is 314 g/mol. The third-order valence-electron chi connectivity index (χ3n) is 4.04. The molecule has 0 saturated heterocycles. The summed E-state index contributed by atoms with van der Waals surface area (Å²) >= 11 is 0. The van der Waals surface area contributed by atoms with E-state index in [0.29, 0.717) is 17.7 Å². The minimum Gasteiger partial charge on any atom is -0.459 e. The molecular formula is C21H26NO3+. The Morgan fingerprint density at radius 1 is 0.960 bits per heavy atom. The Morgan fingerprint density at radius 3 is 2.24 bits per heavy atom. The third-order valence-corrected chi connectivity index (χ3v) is 4.04. The van der Waals surface area contributed by atoms with Gasteiger partial charge in [0.15, 0.2) is 5.78 Å². The van der Waals surface area contributed by atoms with E-state index in [4.69, 9.17) is 4.74 Å². The summed E-state index contributed by atoms with van der Waals surface area (Å²) in [7, 11) is 6.15. The first-order chi connectivity index (χ1) is 11.8. The molecule has 0 aromatic heterocycles. The summed E-state index contributed by atoms with van der Waals surface area (Å²) in [5, 5.41) is 0. The number of rotatable bonds is 7. The van der Waals surface area contributed by atoms with E-state index in [1.165, 1.54) is 0 Å². The van der Waals surface area contributed by atoms with E-state index in [2.05, 4.69) is 21.1 Å². The Hall–Kier alpha value is -2.46. The van der Waals surface area contributed by atoms with Gasteiger partial charge in [-0.05, 0) is 18.6 Å². The molecule has 0 aliphatic carbocycles. The topological polar surface area (TPSA) is 43.4 Å². The highest BCUT2D eigenvalue weighted by Crippen LogP contribution is 2.20. The highest BCUT2D eigenvalue weighted by atomic mass is 16.5. The molecule has 25 heavy (non-hydrogen) atoms. The van der Waals surface area contributed by atoms with Crippen molar-refractivity contribution in [3.05, 3.63) is 71.3 Å². The van der Waals surface area contributed by atoms with Crippen molar-refractivity contribution in [3.8, 4) is 0 Å². The molecule has 0 radical (unpaired) electrons. The standard InChI is InChI=1S/C21H26NO3/c1-16(21(24)25-14-13-22(2,3)4)18-11-8-12-19(15-18)20(23)17-9-6-5-7-10-17/h5-12,15-16H,13-14H2,1-4H3/q+1. The van der Waals surface area contributed by atoms with Gasteiger partial charge in [-0.2, -0.15) is 0 Å². The largest absolute Gasteiger partial charge is 0.459 e. The Kier molecular flexibility index (Phi) is 6.10. The van der Waals surface area contributed by atoms with Crippen molar-refractivity contribution >= 4 is 11.8 Å². The van der Waals surface area contributed by atoms with Crippen molar-refractivity contribution in [3.63, 3.8) is 0 Å². The number of quaternary nitrogens is 1. The summed E-state index contributed by atoms with van der Waals surface area (Å²) in [6, 6.07) is 16.3. The van der Waals surface area contributed by atoms with E-state index < -0.39 is 5.92 Å². The molecule has 0 fully saturated rings. The number of likely N-dealkylation sites (N-methyl/N-ethyl adjacent to an activating group) is 1. The second-order valence-corrected chi connectivity index (χ2v) is 7.22. The quantitative estimate of drug-likeness (QED) is 0.441. The lowest BCUT2D eigenvalue weighted by molar-refractivity contribution is -0.870. The van der Waals surface area contributed by atoms with Crippen molar-refractivity contribution in [1.29, 1.82) is 0 Å². The van der Waals surface area contributed by atoms with Crippen LogP contribution in [0.4, 0.5) is 0 Å². The maximum Gasteiger partial charge on any atom is 0.313 e. The Bertz CT molecular complexity index is 732. The van der Waals surface area contributed by atoms with Gasteiger partial charge in [0, 0.05) is 11.1 Å². The average Bonchev–Trinajstić information content (AvgIpc) is 2.60. The number of esters is 1. The summed E-state index contributed by atoms with van der Waals surface area (Å²) in [5.41, 5.74) is 2.00. The SMILES string of the molecule is CC(C(=O)OCC[N+](C)(C)C)c1cccc(C(=O)c2ccccc2)c1. The lowest BCUT2D eigenvalue weighted by Gasteiger charge is -2.23. The molecule has 0 aliphatic heterocycles. The van der Waals surface area contributed by atoms with Crippen molar-refractivity contribution in [2.45, 2.75) is 12.8 Å². The van der Waals surface area contributed by atoms with Crippen LogP contribution in [0.25, 0.3) is 0 Å². The number of benzene rings is 2. The Morgan fingerprint density at radius 2 is 1.60 bits per heavy atom. The van der Waals surface area contributed by atoms with E-state index in [1.807, 2.05) is 24.3 Å². The van der Waals surface area contributed by atoms with Crippen LogP contribution in [0.15, 0.2) is 54.6 Å². The summed E-state index contributed by atoms with van der Waals surface area (Å²) in [5.74, 6) is -0.721. The zero-order valence-electron chi connectivity index (χ0n) is 15.4. The van der Waals surface area contributed by atoms with E-state index in [1.54, 1.807) is 37.3 Å². The molecule has 2 rings (SSSR count). The number of ether oxygens (including phenoxy) is 1. The molecule has 4 heteroatoms. The first-order valence-electron chi connectivity index (χ1n) is 8.45. The number of nitrogens with zero attached hydrogens (tertiary/aromatic N) is 1. The van der Waals surface area contributed by atoms with Gasteiger partial charge in [-0.1, -0.05) is 48.5 Å². The van der Waals surface area contributed by atoms with Crippen molar-refractivity contribution in [1.82, 2.24) is 0 Å². The van der Waals surface area contributed by atoms with Gasteiger partial charge >= 0.3 is 5.97 Å². The second-order valence-electron chi connectivity index (χ2n) is 7.22. The maximum absolute atomic E-state index is 12.6. The summed E-state index contributed by atoms with van der Waals surface area (Å²) in [6.45, 7) is 2.95. The lowest BCUT2D eigenvalue weighted by atomic mass is 9.96. The first-order valence-corrected chi connectivity index (χ1v) is 8.45. The molecule has 132 valence electrons. The highest BCUT2D eigenvalue weighted by molar-refractivity contribution is 6.09. The van der Waals surface area contributed by atoms with E-state index in [0.717, 1.165) is 16.6 Å². The van der Waals surface area contributed by atoms with Crippen molar-refractivity contribution in [2.75, 3.05) is 34.3 Å². The normalized spacial score (nSPS) is 12.5. The zero-order valence-corrected chi connectivity index (χ0v) is 15.4. The van der Waals surface area contributed by atoms with Crippen LogP contribution in [0, 0.1) is 0 Å². The van der Waals surface area contributed by atoms with Crippen LogP contribution in [-0.4, -0.2) is 50.5 Å². The van der Waals surface area contributed by atoms with Crippen LogP contribution in [0.5, 0.6) is 0 Å². The predicted molar refractivity (Wildman–Crippen MR) is 98.6 cm³/mol. The van der Waals surface area contributed by atoms with Crippen LogP contribution in [0.1, 0.15) is 34.3 Å².